The minimum absolute atomic E-state index is 0.107. The zero-order chi connectivity index (χ0) is 23.2. The molecule has 8 nitrogen and oxygen atoms in total. The molecule has 0 aliphatic heterocycles. The highest BCUT2D eigenvalue weighted by Gasteiger charge is 2.23. The van der Waals surface area contributed by atoms with Crippen LogP contribution in [0.3, 0.4) is 0 Å². The number of anilines is 1. The van der Waals surface area contributed by atoms with Crippen molar-refractivity contribution in [2.45, 2.75) is 30.5 Å². The van der Waals surface area contributed by atoms with E-state index in [1.54, 1.807) is 38.1 Å². The van der Waals surface area contributed by atoms with Crippen LogP contribution in [-0.4, -0.2) is 46.7 Å². The number of hydrogen-bond donors (Lipinski definition) is 2. The van der Waals surface area contributed by atoms with E-state index in [4.69, 9.17) is 0 Å². The maximum absolute atomic E-state index is 12.5. The van der Waals surface area contributed by atoms with E-state index in [9.17, 15) is 21.6 Å². The minimum Gasteiger partial charge on any atom is -0.322 e. The van der Waals surface area contributed by atoms with Gasteiger partial charge in [0.05, 0.1) is 10.6 Å². The van der Waals surface area contributed by atoms with Gasteiger partial charge < -0.3 is 5.32 Å². The molecule has 0 radical (unpaired) electrons. The lowest BCUT2D eigenvalue weighted by molar-refractivity contribution is 0.102. The summed E-state index contributed by atoms with van der Waals surface area (Å²) in [4.78, 5) is 12.6. The number of benzene rings is 2. The van der Waals surface area contributed by atoms with Gasteiger partial charge in [-0.1, -0.05) is 18.2 Å². The molecule has 2 aromatic rings. The Hall–Kier alpha value is -2.53. The van der Waals surface area contributed by atoms with Gasteiger partial charge in [0.25, 0.3) is 5.91 Å². The second kappa shape index (κ2) is 10.2. The Morgan fingerprint density at radius 3 is 2.13 bits per heavy atom. The number of nitrogens with zero attached hydrogens (tertiary/aromatic N) is 1. The molecule has 0 heterocycles. The van der Waals surface area contributed by atoms with Gasteiger partial charge in [0.2, 0.25) is 20.0 Å². The van der Waals surface area contributed by atoms with E-state index in [1.165, 1.54) is 41.7 Å². The topological polar surface area (TPSA) is 113 Å². The van der Waals surface area contributed by atoms with Gasteiger partial charge in [-0.25, -0.2) is 21.6 Å². The van der Waals surface area contributed by atoms with E-state index < -0.39 is 26.0 Å². The first-order valence-corrected chi connectivity index (χ1v) is 12.6. The summed E-state index contributed by atoms with van der Waals surface area (Å²) in [6.07, 6.45) is 1.46. The summed E-state index contributed by atoms with van der Waals surface area (Å²) < 4.78 is 52.5. The van der Waals surface area contributed by atoms with Gasteiger partial charge in [0.15, 0.2) is 0 Å². The Balaban J connectivity index is 2.06. The fourth-order valence-electron chi connectivity index (χ4n) is 2.57. The van der Waals surface area contributed by atoms with Gasteiger partial charge in [-0.3, -0.25) is 4.79 Å². The molecule has 2 aromatic carbocycles. The number of amides is 1. The zero-order valence-corrected chi connectivity index (χ0v) is 19.3. The van der Waals surface area contributed by atoms with Crippen LogP contribution in [0.25, 0.3) is 0 Å². The monoisotopic (exact) mass is 465 g/mol. The molecule has 31 heavy (non-hydrogen) atoms. The van der Waals surface area contributed by atoms with Crippen LogP contribution in [0.4, 0.5) is 5.69 Å². The lowest BCUT2D eigenvalue weighted by Crippen LogP contribution is -2.33. The Morgan fingerprint density at radius 1 is 1.03 bits per heavy atom. The predicted octanol–water partition coefficient (Wildman–Crippen LogP) is 2.57. The molecule has 2 rings (SSSR count). The van der Waals surface area contributed by atoms with Crippen LogP contribution < -0.4 is 10.0 Å². The maximum Gasteiger partial charge on any atom is 0.255 e. The van der Waals surface area contributed by atoms with E-state index in [0.29, 0.717) is 16.8 Å². The van der Waals surface area contributed by atoms with Crippen molar-refractivity contribution in [3.05, 3.63) is 72.3 Å². The first kappa shape index (κ1) is 24.7. The normalized spacial score (nSPS) is 12.2. The summed E-state index contributed by atoms with van der Waals surface area (Å²) in [5.74, 6) is -0.593. The molecule has 0 saturated carbocycles. The Labute approximate surface area is 184 Å². The number of sulfonamides is 2. The van der Waals surface area contributed by atoms with Crippen molar-refractivity contribution in [1.29, 1.82) is 0 Å². The van der Waals surface area contributed by atoms with Crippen molar-refractivity contribution in [3.63, 3.8) is 0 Å². The Morgan fingerprint density at radius 2 is 1.61 bits per heavy atom. The van der Waals surface area contributed by atoms with Crippen LogP contribution in [0.2, 0.25) is 0 Å². The summed E-state index contributed by atoms with van der Waals surface area (Å²) in [6, 6.07) is 11.9. The van der Waals surface area contributed by atoms with Crippen molar-refractivity contribution in [1.82, 2.24) is 9.03 Å². The van der Waals surface area contributed by atoms with Gasteiger partial charge in [0, 0.05) is 30.9 Å². The fraction of sp³-hybridized carbons (Fsp3) is 0.286. The molecule has 0 spiro atoms. The molecule has 0 aliphatic carbocycles. The predicted molar refractivity (Wildman–Crippen MR) is 122 cm³/mol. The third-order valence-electron chi connectivity index (χ3n) is 4.54. The summed E-state index contributed by atoms with van der Waals surface area (Å²) in [7, 11) is -5.58. The highest BCUT2D eigenvalue weighted by Crippen LogP contribution is 2.18. The van der Waals surface area contributed by atoms with Gasteiger partial charge in [-0.05, 0) is 55.8 Å². The van der Waals surface area contributed by atoms with E-state index in [2.05, 4.69) is 16.6 Å². The summed E-state index contributed by atoms with van der Waals surface area (Å²) in [5, 5.41) is 2.70. The van der Waals surface area contributed by atoms with Crippen molar-refractivity contribution in [3.8, 4) is 0 Å². The van der Waals surface area contributed by atoms with E-state index in [1.807, 2.05) is 0 Å². The standard InChI is InChI=1S/C21H27N3O5S2/c1-5-14-22-30(26,27)15-17-6-10-19(11-7-17)23-21(25)18-8-12-20(13-9-18)31(28,29)24(4)16(2)3/h5-13,16,22H,1,14-15H2,2-4H3,(H,23,25). The van der Waals surface area contributed by atoms with E-state index in [0.717, 1.165) is 0 Å². The molecular weight excluding hydrogens is 438 g/mol. The number of carbonyl (C=O) groups is 1. The van der Waals surface area contributed by atoms with Gasteiger partial charge in [-0.15, -0.1) is 6.58 Å². The van der Waals surface area contributed by atoms with Crippen molar-refractivity contribution in [2.24, 2.45) is 0 Å². The van der Waals surface area contributed by atoms with Gasteiger partial charge in [-0.2, -0.15) is 4.31 Å². The second-order valence-corrected chi connectivity index (χ2v) is 11.0. The van der Waals surface area contributed by atoms with Crippen LogP contribution in [-0.2, 0) is 25.8 Å². The molecule has 0 bridgehead atoms. The number of hydrogen-bond acceptors (Lipinski definition) is 5. The molecule has 1 amide bonds. The summed E-state index contributed by atoms with van der Waals surface area (Å²) in [5.41, 5.74) is 1.35. The summed E-state index contributed by atoms with van der Waals surface area (Å²) in [6.45, 7) is 7.18. The number of rotatable bonds is 10. The SMILES string of the molecule is C=CCNS(=O)(=O)Cc1ccc(NC(=O)c2ccc(S(=O)(=O)N(C)C(C)C)cc2)cc1. The molecule has 0 aromatic heterocycles. The second-order valence-electron chi connectivity index (χ2n) is 7.19. The first-order valence-electron chi connectivity index (χ1n) is 9.53. The van der Waals surface area contributed by atoms with Crippen molar-refractivity contribution >= 4 is 31.6 Å². The Kier molecular flexibility index (Phi) is 8.13. The smallest absolute Gasteiger partial charge is 0.255 e. The van der Waals surface area contributed by atoms with Crippen LogP contribution in [0.15, 0.2) is 66.1 Å². The first-order chi connectivity index (χ1) is 14.5. The molecule has 2 N–H and O–H groups in total. The zero-order valence-electron chi connectivity index (χ0n) is 17.7. The average molecular weight is 466 g/mol. The lowest BCUT2D eigenvalue weighted by Gasteiger charge is -2.21. The Bertz CT molecular complexity index is 1120. The molecule has 0 atom stereocenters. The molecule has 0 saturated heterocycles. The number of nitrogens with one attached hydrogen (secondary N) is 2. The maximum atomic E-state index is 12.5. The lowest BCUT2D eigenvalue weighted by atomic mass is 10.2. The molecule has 168 valence electrons. The third-order valence-corrected chi connectivity index (χ3v) is 7.90. The van der Waals surface area contributed by atoms with Crippen LogP contribution in [0.5, 0.6) is 0 Å². The molecule has 10 heteroatoms. The largest absolute Gasteiger partial charge is 0.322 e. The average Bonchev–Trinajstić information content (AvgIpc) is 2.73. The molecular formula is C21H27N3O5S2. The van der Waals surface area contributed by atoms with Crippen molar-refractivity contribution < 1.29 is 21.6 Å². The quantitative estimate of drug-likeness (QED) is 0.524. The molecule has 0 fully saturated rings. The minimum atomic E-state index is -3.62. The third kappa shape index (κ3) is 6.73. The van der Waals surface area contributed by atoms with Gasteiger partial charge in [0.1, 0.15) is 0 Å². The van der Waals surface area contributed by atoms with Crippen molar-refractivity contribution in [2.75, 3.05) is 18.9 Å². The van der Waals surface area contributed by atoms with Crippen LogP contribution in [0, 0.1) is 0 Å². The highest BCUT2D eigenvalue weighted by molar-refractivity contribution is 7.89. The molecule has 0 unspecified atom stereocenters. The van der Waals surface area contributed by atoms with Crippen LogP contribution in [0.1, 0.15) is 29.8 Å². The van der Waals surface area contributed by atoms with Gasteiger partial charge >= 0.3 is 0 Å². The van der Waals surface area contributed by atoms with Crippen LogP contribution >= 0.6 is 0 Å². The number of carbonyl (C=O) groups excluding carboxylic acids is 1. The molecule has 0 aliphatic rings. The highest BCUT2D eigenvalue weighted by atomic mass is 32.2. The van der Waals surface area contributed by atoms with E-state index in [-0.39, 0.29) is 23.2 Å². The van der Waals surface area contributed by atoms with E-state index >= 15 is 0 Å². The summed E-state index contributed by atoms with van der Waals surface area (Å²) >= 11 is 0. The fourth-order valence-corrected chi connectivity index (χ4v) is 5.04.